The van der Waals surface area contributed by atoms with Crippen LogP contribution in [0.2, 0.25) is 0 Å². The fourth-order valence-electron chi connectivity index (χ4n) is 3.31. The number of hydrogen-bond acceptors (Lipinski definition) is 0. The second-order valence-electron chi connectivity index (χ2n) is 5.59. The summed E-state index contributed by atoms with van der Waals surface area (Å²) >= 11 is 0. The van der Waals surface area contributed by atoms with Crippen LogP contribution in [-0.4, -0.2) is 0 Å². The van der Waals surface area contributed by atoms with Crippen LogP contribution in [0.15, 0.2) is 36.4 Å². The fraction of sp³-hybridized carbons (Fsp3) is 0.412. The topological polar surface area (TPSA) is 0 Å². The van der Waals surface area contributed by atoms with Crippen molar-refractivity contribution in [3.63, 3.8) is 0 Å². The summed E-state index contributed by atoms with van der Waals surface area (Å²) < 4.78 is 0. The molecule has 0 heteroatoms. The Hall–Kier alpha value is -1.30. The fourth-order valence-corrected chi connectivity index (χ4v) is 3.31. The standard InChI is InChI=1S/C17H22/c1-11-6-12(2)10-16(9-11)17-14(4)7-13(3)8-15(17)5/h7-8,16H,1-2,6,9-10H2,3-5H3. The predicted octanol–water partition coefficient (Wildman–Crippen LogP) is 4.99. The molecule has 2 rings (SSSR count). The molecule has 0 saturated heterocycles. The third kappa shape index (κ3) is 2.52. The van der Waals surface area contributed by atoms with E-state index in [4.69, 9.17) is 0 Å². The molecule has 0 unspecified atom stereocenters. The third-order valence-electron chi connectivity index (χ3n) is 3.72. The highest BCUT2D eigenvalue weighted by atomic mass is 14.3. The van der Waals surface area contributed by atoms with E-state index in [9.17, 15) is 0 Å². The van der Waals surface area contributed by atoms with Crippen LogP contribution in [0.4, 0.5) is 0 Å². The van der Waals surface area contributed by atoms with Crippen molar-refractivity contribution in [1.82, 2.24) is 0 Å². The molecule has 0 bridgehead atoms. The van der Waals surface area contributed by atoms with E-state index in [1.54, 1.807) is 0 Å². The van der Waals surface area contributed by atoms with E-state index in [2.05, 4.69) is 46.1 Å². The highest BCUT2D eigenvalue weighted by Gasteiger charge is 2.22. The summed E-state index contributed by atoms with van der Waals surface area (Å²) in [5, 5.41) is 0. The van der Waals surface area contributed by atoms with E-state index in [1.165, 1.54) is 33.4 Å². The summed E-state index contributed by atoms with van der Waals surface area (Å²) in [5.41, 5.74) is 8.41. The van der Waals surface area contributed by atoms with Gasteiger partial charge in [-0.3, -0.25) is 0 Å². The van der Waals surface area contributed by atoms with Crippen LogP contribution in [0, 0.1) is 20.8 Å². The molecule has 1 aromatic carbocycles. The Kier molecular flexibility index (Phi) is 3.24. The quantitative estimate of drug-likeness (QED) is 0.592. The zero-order chi connectivity index (χ0) is 12.6. The third-order valence-corrected chi connectivity index (χ3v) is 3.72. The number of aryl methyl sites for hydroxylation is 3. The molecule has 1 saturated carbocycles. The van der Waals surface area contributed by atoms with Crippen LogP contribution in [0.5, 0.6) is 0 Å². The van der Waals surface area contributed by atoms with Crippen LogP contribution < -0.4 is 0 Å². The maximum Gasteiger partial charge on any atom is -0.00822 e. The van der Waals surface area contributed by atoms with Gasteiger partial charge in [-0.1, -0.05) is 42.0 Å². The molecule has 0 amide bonds. The number of hydrogen-bond donors (Lipinski definition) is 0. The molecular formula is C17H22. The molecule has 0 heterocycles. The first-order valence-corrected chi connectivity index (χ1v) is 6.38. The minimum absolute atomic E-state index is 0.601. The Labute approximate surface area is 105 Å². The van der Waals surface area contributed by atoms with Crippen molar-refractivity contribution in [3.05, 3.63) is 58.7 Å². The molecule has 0 spiro atoms. The highest BCUT2D eigenvalue weighted by molar-refractivity contribution is 5.42. The van der Waals surface area contributed by atoms with Gasteiger partial charge in [-0.2, -0.15) is 0 Å². The van der Waals surface area contributed by atoms with E-state index in [-0.39, 0.29) is 0 Å². The molecule has 90 valence electrons. The lowest BCUT2D eigenvalue weighted by Gasteiger charge is -2.28. The van der Waals surface area contributed by atoms with Crippen LogP contribution in [0.3, 0.4) is 0 Å². The molecule has 0 N–H and O–H groups in total. The van der Waals surface area contributed by atoms with E-state index >= 15 is 0 Å². The predicted molar refractivity (Wildman–Crippen MR) is 75.5 cm³/mol. The lowest BCUT2D eigenvalue weighted by molar-refractivity contribution is 0.606. The molecule has 0 atom stereocenters. The van der Waals surface area contributed by atoms with Gasteiger partial charge >= 0.3 is 0 Å². The molecule has 1 fully saturated rings. The zero-order valence-electron chi connectivity index (χ0n) is 11.3. The first-order chi connectivity index (χ1) is 7.97. The van der Waals surface area contributed by atoms with Crippen LogP contribution >= 0.6 is 0 Å². The minimum atomic E-state index is 0.601. The van der Waals surface area contributed by atoms with Crippen molar-refractivity contribution in [1.29, 1.82) is 0 Å². The maximum absolute atomic E-state index is 4.16. The summed E-state index contributed by atoms with van der Waals surface area (Å²) in [7, 11) is 0. The van der Waals surface area contributed by atoms with Crippen molar-refractivity contribution in [3.8, 4) is 0 Å². The molecule has 0 aliphatic heterocycles. The SMILES string of the molecule is C=C1CC(=C)CC(c2c(C)cc(C)cc2C)C1. The molecule has 1 aliphatic rings. The van der Waals surface area contributed by atoms with Gasteiger partial charge in [0, 0.05) is 0 Å². The summed E-state index contributed by atoms with van der Waals surface area (Å²) in [6.07, 6.45) is 3.29. The first kappa shape index (κ1) is 12.2. The second-order valence-corrected chi connectivity index (χ2v) is 5.59. The van der Waals surface area contributed by atoms with Gasteiger partial charge in [-0.05, 0) is 62.6 Å². The van der Waals surface area contributed by atoms with E-state index in [1.807, 2.05) is 0 Å². The molecule has 1 aromatic rings. The average molecular weight is 226 g/mol. The molecular weight excluding hydrogens is 204 g/mol. The Morgan fingerprint density at radius 1 is 0.941 bits per heavy atom. The minimum Gasteiger partial charge on any atom is -0.0995 e. The summed E-state index contributed by atoms with van der Waals surface area (Å²) in [5.74, 6) is 0.601. The molecule has 17 heavy (non-hydrogen) atoms. The lowest BCUT2D eigenvalue weighted by Crippen LogP contribution is -2.11. The van der Waals surface area contributed by atoms with Gasteiger partial charge in [-0.25, -0.2) is 0 Å². The Morgan fingerprint density at radius 2 is 1.41 bits per heavy atom. The Bertz CT molecular complexity index is 438. The van der Waals surface area contributed by atoms with Gasteiger partial charge < -0.3 is 0 Å². The van der Waals surface area contributed by atoms with Crippen molar-refractivity contribution in [2.75, 3.05) is 0 Å². The first-order valence-electron chi connectivity index (χ1n) is 6.38. The van der Waals surface area contributed by atoms with E-state index in [0.717, 1.165) is 19.3 Å². The second kappa shape index (κ2) is 4.52. The van der Waals surface area contributed by atoms with E-state index < -0.39 is 0 Å². The van der Waals surface area contributed by atoms with Gasteiger partial charge in [0.1, 0.15) is 0 Å². The van der Waals surface area contributed by atoms with Crippen molar-refractivity contribution in [2.45, 2.75) is 46.0 Å². The summed E-state index contributed by atoms with van der Waals surface area (Å²) in [6.45, 7) is 14.9. The smallest absolute Gasteiger partial charge is 0.00822 e. The number of allylic oxidation sites excluding steroid dienone is 2. The van der Waals surface area contributed by atoms with Gasteiger partial charge in [0.05, 0.1) is 0 Å². The summed E-state index contributed by atoms with van der Waals surface area (Å²) in [4.78, 5) is 0. The van der Waals surface area contributed by atoms with Crippen molar-refractivity contribution >= 4 is 0 Å². The van der Waals surface area contributed by atoms with Gasteiger partial charge in [-0.15, -0.1) is 0 Å². The van der Waals surface area contributed by atoms with Crippen molar-refractivity contribution in [2.24, 2.45) is 0 Å². The molecule has 0 radical (unpaired) electrons. The highest BCUT2D eigenvalue weighted by Crippen LogP contribution is 2.40. The van der Waals surface area contributed by atoms with E-state index in [0.29, 0.717) is 5.92 Å². The molecule has 1 aliphatic carbocycles. The maximum atomic E-state index is 4.16. The number of benzene rings is 1. The zero-order valence-corrected chi connectivity index (χ0v) is 11.3. The monoisotopic (exact) mass is 226 g/mol. The molecule has 0 nitrogen and oxygen atoms in total. The average Bonchev–Trinajstić information content (AvgIpc) is 2.13. The Morgan fingerprint density at radius 3 is 1.88 bits per heavy atom. The largest absolute Gasteiger partial charge is 0.0995 e. The van der Waals surface area contributed by atoms with Crippen molar-refractivity contribution < 1.29 is 0 Å². The van der Waals surface area contributed by atoms with Crippen LogP contribution in [0.1, 0.15) is 47.4 Å². The van der Waals surface area contributed by atoms with Crippen LogP contribution in [0.25, 0.3) is 0 Å². The van der Waals surface area contributed by atoms with Gasteiger partial charge in [0.2, 0.25) is 0 Å². The molecule has 0 aromatic heterocycles. The lowest BCUT2D eigenvalue weighted by atomic mass is 9.76. The van der Waals surface area contributed by atoms with Gasteiger partial charge in [0.25, 0.3) is 0 Å². The Balaban J connectivity index is 2.40. The summed E-state index contributed by atoms with van der Waals surface area (Å²) in [6, 6.07) is 4.59. The van der Waals surface area contributed by atoms with Gasteiger partial charge in [0.15, 0.2) is 0 Å². The van der Waals surface area contributed by atoms with Crippen LogP contribution in [-0.2, 0) is 0 Å². The number of rotatable bonds is 1. The normalized spacial score (nSPS) is 17.6.